The molecule has 12 nitrogen and oxygen atoms in total. The first kappa shape index (κ1) is 22.8. The lowest BCUT2D eigenvalue weighted by molar-refractivity contribution is -0.114. The lowest BCUT2D eigenvalue weighted by Crippen LogP contribution is -2.28. The minimum absolute atomic E-state index is 0.0146. The largest absolute Gasteiger partial charge is 0.491 e. The molecule has 1 fully saturated rings. The topological polar surface area (TPSA) is 177 Å². The average Bonchev–Trinajstić information content (AvgIpc) is 3.27. The van der Waals surface area contributed by atoms with Crippen LogP contribution in [0.5, 0.6) is 5.88 Å². The fraction of sp³-hybridized carbons (Fsp3) is 0. The molecular formula is C23H14N2O10. The second-order valence-corrected chi connectivity index (χ2v) is 6.99. The van der Waals surface area contributed by atoms with E-state index in [1.165, 1.54) is 54.6 Å². The van der Waals surface area contributed by atoms with Crippen molar-refractivity contribution in [3.05, 3.63) is 93.9 Å². The van der Waals surface area contributed by atoms with Crippen LogP contribution in [0.1, 0.15) is 26.5 Å². The van der Waals surface area contributed by atoms with E-state index < -0.39 is 35.6 Å². The highest BCUT2D eigenvalue weighted by molar-refractivity contribution is 6.23. The highest BCUT2D eigenvalue weighted by atomic mass is 16.6. The summed E-state index contributed by atoms with van der Waals surface area (Å²) in [7, 11) is 0. The van der Waals surface area contributed by atoms with E-state index in [2.05, 4.69) is 0 Å². The van der Waals surface area contributed by atoms with Gasteiger partial charge >= 0.3 is 29.7 Å². The van der Waals surface area contributed by atoms with Gasteiger partial charge in [-0.25, -0.2) is 28.6 Å². The fourth-order valence-corrected chi connectivity index (χ4v) is 3.15. The van der Waals surface area contributed by atoms with Gasteiger partial charge in [-0.15, -0.1) is 0 Å². The zero-order valence-corrected chi connectivity index (χ0v) is 17.4. The Kier molecular flexibility index (Phi) is 5.77. The van der Waals surface area contributed by atoms with Crippen molar-refractivity contribution in [2.24, 2.45) is 0 Å². The summed E-state index contributed by atoms with van der Waals surface area (Å²) in [6.07, 6.45) is 2.47. The molecule has 1 aliphatic heterocycles. The Labute approximate surface area is 194 Å². The maximum absolute atomic E-state index is 12.6. The first-order valence-electron chi connectivity index (χ1n) is 9.74. The monoisotopic (exact) mass is 478 g/mol. The number of aromatic hydroxyl groups is 1. The Balaban J connectivity index is 1.55. The maximum Gasteiger partial charge on any atom is 0.427 e. The average molecular weight is 478 g/mol. The summed E-state index contributed by atoms with van der Waals surface area (Å²) >= 11 is 0. The van der Waals surface area contributed by atoms with Crippen LogP contribution in [-0.2, 0) is 9.53 Å². The van der Waals surface area contributed by atoms with Crippen LogP contribution < -0.4 is 10.7 Å². The van der Waals surface area contributed by atoms with Gasteiger partial charge in [0.05, 0.1) is 22.5 Å². The van der Waals surface area contributed by atoms with Crippen molar-refractivity contribution in [3.63, 3.8) is 0 Å². The fourth-order valence-electron chi connectivity index (χ4n) is 3.15. The third kappa shape index (κ3) is 4.30. The number of anilines is 1. The molecule has 3 aromatic rings. The van der Waals surface area contributed by atoms with E-state index in [-0.39, 0.29) is 34.0 Å². The van der Waals surface area contributed by atoms with Crippen LogP contribution >= 0.6 is 0 Å². The number of carboxylic acid groups (broad SMARTS) is 2. The van der Waals surface area contributed by atoms with Gasteiger partial charge in [-0.05, 0) is 60.7 Å². The summed E-state index contributed by atoms with van der Waals surface area (Å²) in [5.74, 6) is -5.30. The Bertz CT molecular complexity index is 1470. The molecular weight excluding hydrogens is 464 g/mol. The van der Waals surface area contributed by atoms with Crippen LogP contribution in [-0.4, -0.2) is 43.8 Å². The number of rotatable bonds is 6. The standard InChI is InChI=1S/C23H14N2O10/c26-18-16(34-22(32)24(18)14-8-4-12(5-9-14)20(28)29)2-1-3-17-19(27)25(23(33)35-17)15-10-6-13(7-11-15)21(30)31/h1-11,26H,(H,28,29)(H,30,31). The molecule has 4 rings (SSSR count). The molecule has 0 bridgehead atoms. The second-order valence-electron chi connectivity index (χ2n) is 6.99. The van der Waals surface area contributed by atoms with E-state index in [9.17, 15) is 29.1 Å². The quantitative estimate of drug-likeness (QED) is 0.446. The predicted octanol–water partition coefficient (Wildman–Crippen LogP) is 2.61. The number of aromatic carboxylic acids is 2. The number of amides is 2. The van der Waals surface area contributed by atoms with E-state index in [1.54, 1.807) is 0 Å². The van der Waals surface area contributed by atoms with Crippen LogP contribution in [0, 0.1) is 0 Å². The number of benzene rings is 2. The predicted molar refractivity (Wildman–Crippen MR) is 117 cm³/mol. The zero-order valence-electron chi connectivity index (χ0n) is 17.4. The molecule has 1 saturated heterocycles. The Morgan fingerprint density at radius 1 is 0.829 bits per heavy atom. The van der Waals surface area contributed by atoms with Crippen molar-refractivity contribution in [3.8, 4) is 11.6 Å². The van der Waals surface area contributed by atoms with E-state index in [0.29, 0.717) is 4.90 Å². The first-order chi connectivity index (χ1) is 16.7. The molecule has 0 spiro atoms. The van der Waals surface area contributed by atoms with Crippen LogP contribution in [0.4, 0.5) is 10.5 Å². The van der Waals surface area contributed by atoms with Crippen molar-refractivity contribution in [2.45, 2.75) is 0 Å². The van der Waals surface area contributed by atoms with Crippen LogP contribution in [0.15, 0.2) is 75.7 Å². The Morgan fingerprint density at radius 3 is 1.91 bits per heavy atom. The summed E-state index contributed by atoms with van der Waals surface area (Å²) < 4.78 is 10.7. The number of hydrogen-bond acceptors (Lipinski definition) is 8. The number of oxazole rings is 1. The molecule has 2 amide bonds. The minimum atomic E-state index is -1.17. The lowest BCUT2D eigenvalue weighted by atomic mass is 10.2. The van der Waals surface area contributed by atoms with Crippen molar-refractivity contribution in [2.75, 3.05) is 4.90 Å². The van der Waals surface area contributed by atoms with Gasteiger partial charge in [-0.3, -0.25) is 4.79 Å². The van der Waals surface area contributed by atoms with E-state index >= 15 is 0 Å². The number of ether oxygens (including phenoxy) is 1. The number of aromatic nitrogens is 1. The molecule has 35 heavy (non-hydrogen) atoms. The molecule has 0 unspecified atom stereocenters. The Hall–Kier alpha value is -5.39. The van der Waals surface area contributed by atoms with E-state index in [0.717, 1.165) is 16.7 Å². The smallest absolute Gasteiger partial charge is 0.427 e. The zero-order chi connectivity index (χ0) is 25.3. The van der Waals surface area contributed by atoms with Crippen molar-refractivity contribution < 1.29 is 43.7 Å². The summed E-state index contributed by atoms with van der Waals surface area (Å²) in [6, 6.07) is 10.1. The van der Waals surface area contributed by atoms with Gasteiger partial charge in [0.1, 0.15) is 0 Å². The van der Waals surface area contributed by atoms with Crippen LogP contribution in [0.3, 0.4) is 0 Å². The molecule has 176 valence electrons. The number of nitrogens with zero attached hydrogens (tertiary/aromatic N) is 2. The van der Waals surface area contributed by atoms with Gasteiger partial charge in [0, 0.05) is 0 Å². The number of carboxylic acids is 2. The van der Waals surface area contributed by atoms with Crippen LogP contribution in [0.2, 0.25) is 0 Å². The van der Waals surface area contributed by atoms with Gasteiger partial charge in [0.15, 0.2) is 11.5 Å². The van der Waals surface area contributed by atoms with Crippen molar-refractivity contribution >= 4 is 35.7 Å². The molecule has 3 N–H and O–H groups in total. The maximum atomic E-state index is 12.6. The lowest BCUT2D eigenvalue weighted by Gasteiger charge is -2.09. The number of carbonyl (C=O) groups is 4. The van der Waals surface area contributed by atoms with Gasteiger partial charge < -0.3 is 24.5 Å². The molecule has 1 aliphatic rings. The summed E-state index contributed by atoms with van der Waals surface area (Å²) in [4.78, 5) is 59.5. The number of hydrogen-bond donors (Lipinski definition) is 3. The second kappa shape index (κ2) is 8.86. The van der Waals surface area contributed by atoms with Crippen molar-refractivity contribution in [1.29, 1.82) is 0 Å². The third-order valence-corrected chi connectivity index (χ3v) is 4.85. The van der Waals surface area contributed by atoms with Gasteiger partial charge in [0.2, 0.25) is 5.88 Å². The highest BCUT2D eigenvalue weighted by Crippen LogP contribution is 2.26. The van der Waals surface area contributed by atoms with Crippen molar-refractivity contribution in [1.82, 2.24) is 4.57 Å². The molecule has 0 atom stereocenters. The first-order valence-corrected chi connectivity index (χ1v) is 9.74. The Morgan fingerprint density at radius 2 is 1.37 bits per heavy atom. The number of allylic oxidation sites excluding steroid dienone is 2. The number of cyclic esters (lactones) is 1. The van der Waals surface area contributed by atoms with E-state index in [1.807, 2.05) is 0 Å². The SMILES string of the molecule is O=C(O)c1ccc(N2C(=O)OC(=CC=Cc3oc(=O)n(-c4ccc(C(=O)O)cc4)c3O)C2=O)cc1. The van der Waals surface area contributed by atoms with Gasteiger partial charge in [-0.2, -0.15) is 0 Å². The summed E-state index contributed by atoms with van der Waals surface area (Å²) in [5, 5.41) is 28.3. The molecule has 0 saturated carbocycles. The number of carbonyl (C=O) groups excluding carboxylic acids is 2. The third-order valence-electron chi connectivity index (χ3n) is 4.85. The molecule has 2 heterocycles. The molecule has 2 aromatic carbocycles. The molecule has 0 aliphatic carbocycles. The minimum Gasteiger partial charge on any atom is -0.491 e. The molecule has 12 heteroatoms. The van der Waals surface area contributed by atoms with Gasteiger partial charge in [-0.1, -0.05) is 6.08 Å². The molecule has 0 radical (unpaired) electrons. The van der Waals surface area contributed by atoms with E-state index in [4.69, 9.17) is 19.4 Å². The summed E-state index contributed by atoms with van der Waals surface area (Å²) in [5.41, 5.74) is 0.216. The summed E-state index contributed by atoms with van der Waals surface area (Å²) in [6.45, 7) is 0. The normalized spacial score (nSPS) is 14.6. The van der Waals surface area contributed by atoms with Crippen LogP contribution in [0.25, 0.3) is 11.8 Å². The molecule has 1 aromatic heterocycles. The number of imide groups is 1. The van der Waals surface area contributed by atoms with Gasteiger partial charge in [0.25, 0.3) is 0 Å². The highest BCUT2D eigenvalue weighted by Gasteiger charge is 2.37.